The lowest BCUT2D eigenvalue weighted by Crippen LogP contribution is -2.11. The molecule has 0 unspecified atom stereocenters. The van der Waals surface area contributed by atoms with Gasteiger partial charge in [0.05, 0.1) is 12.3 Å². The van der Waals surface area contributed by atoms with Crippen LogP contribution in [0.15, 0.2) is 0 Å². The molecule has 0 bridgehead atoms. The molecule has 0 radical (unpaired) electrons. The predicted molar refractivity (Wildman–Crippen MR) is 71.1 cm³/mol. The first kappa shape index (κ1) is 15.6. The third-order valence-electron chi connectivity index (χ3n) is 2.76. The van der Waals surface area contributed by atoms with E-state index in [2.05, 4.69) is 17.2 Å². The smallest absolute Gasteiger partial charge is 0.360 e. The summed E-state index contributed by atoms with van der Waals surface area (Å²) in [5.41, 5.74) is 1.23. The number of unbranched alkanes of at least 4 members (excludes halogenated alkanes) is 1. The molecule has 1 aromatic heterocycles. The molecular weight excluding hydrogens is 246 g/mol. The molecule has 0 fully saturated rings. The van der Waals surface area contributed by atoms with Gasteiger partial charge in [0.15, 0.2) is 5.69 Å². The average molecular weight is 269 g/mol. The number of hydrogen-bond donors (Lipinski definition) is 0. The number of nitrogens with zero attached hydrogens (tertiary/aromatic N) is 3. The Morgan fingerprint density at radius 2 is 2.11 bits per heavy atom. The van der Waals surface area contributed by atoms with E-state index >= 15 is 0 Å². The van der Waals surface area contributed by atoms with Gasteiger partial charge in [-0.15, -0.1) is 5.10 Å². The Balaban J connectivity index is 2.72. The minimum atomic E-state index is -0.380. The van der Waals surface area contributed by atoms with Crippen LogP contribution in [0.2, 0.25) is 0 Å². The van der Waals surface area contributed by atoms with Crippen molar-refractivity contribution in [2.75, 3.05) is 20.3 Å². The van der Waals surface area contributed by atoms with Gasteiger partial charge in [0.1, 0.15) is 0 Å². The largest absolute Gasteiger partial charge is 0.461 e. The Morgan fingerprint density at radius 3 is 2.74 bits per heavy atom. The molecule has 0 spiro atoms. The normalized spacial score (nSPS) is 10.7. The van der Waals surface area contributed by atoms with Crippen molar-refractivity contribution < 1.29 is 14.3 Å². The third-order valence-corrected chi connectivity index (χ3v) is 2.76. The highest BCUT2D eigenvalue weighted by molar-refractivity contribution is 5.88. The van der Waals surface area contributed by atoms with E-state index in [1.165, 1.54) is 0 Å². The first-order valence-corrected chi connectivity index (χ1v) is 6.83. The van der Waals surface area contributed by atoms with E-state index < -0.39 is 0 Å². The fourth-order valence-corrected chi connectivity index (χ4v) is 1.86. The number of esters is 1. The Hall–Kier alpha value is -1.43. The highest BCUT2D eigenvalue weighted by atomic mass is 16.5. The molecule has 0 aliphatic carbocycles. The van der Waals surface area contributed by atoms with Gasteiger partial charge in [-0.2, -0.15) is 0 Å². The molecule has 0 saturated carbocycles. The number of carbonyl (C=O) groups is 1. The summed E-state index contributed by atoms with van der Waals surface area (Å²) < 4.78 is 11.8. The molecule has 0 saturated heterocycles. The fourth-order valence-electron chi connectivity index (χ4n) is 1.86. The molecule has 1 heterocycles. The van der Waals surface area contributed by atoms with Crippen molar-refractivity contribution in [3.8, 4) is 0 Å². The van der Waals surface area contributed by atoms with E-state index in [1.807, 2.05) is 4.68 Å². The van der Waals surface area contributed by atoms with Crippen LogP contribution in [0, 0.1) is 0 Å². The van der Waals surface area contributed by atoms with Crippen molar-refractivity contribution in [1.29, 1.82) is 0 Å². The number of methoxy groups -OCH3 is 1. The van der Waals surface area contributed by atoms with Gasteiger partial charge in [-0.1, -0.05) is 18.6 Å². The monoisotopic (exact) mass is 269 g/mol. The first-order chi connectivity index (χ1) is 9.24. The fraction of sp³-hybridized carbons (Fsp3) is 0.769. The van der Waals surface area contributed by atoms with Gasteiger partial charge >= 0.3 is 5.97 Å². The van der Waals surface area contributed by atoms with Crippen LogP contribution in [0.3, 0.4) is 0 Å². The van der Waals surface area contributed by atoms with Crippen LogP contribution >= 0.6 is 0 Å². The minimum absolute atomic E-state index is 0.352. The Labute approximate surface area is 114 Å². The van der Waals surface area contributed by atoms with E-state index in [-0.39, 0.29) is 5.97 Å². The summed E-state index contributed by atoms with van der Waals surface area (Å²) in [6.45, 7) is 5.70. The summed E-state index contributed by atoms with van der Waals surface area (Å²) in [6.07, 6.45) is 3.65. The number of carbonyl (C=O) groups excluding carboxylic acids is 1. The van der Waals surface area contributed by atoms with Crippen LogP contribution < -0.4 is 0 Å². The van der Waals surface area contributed by atoms with E-state index in [4.69, 9.17) is 9.47 Å². The van der Waals surface area contributed by atoms with Crippen molar-refractivity contribution in [3.63, 3.8) is 0 Å². The standard InChI is InChI=1S/C13H23N3O3/c1-4-8-11-12(13(17)19-5-2)14-15-16(11)9-6-7-10-18-3/h4-10H2,1-3H3. The Morgan fingerprint density at radius 1 is 1.32 bits per heavy atom. The molecule has 0 N–H and O–H groups in total. The van der Waals surface area contributed by atoms with E-state index in [0.29, 0.717) is 12.3 Å². The number of aromatic nitrogens is 3. The summed E-state index contributed by atoms with van der Waals surface area (Å²) >= 11 is 0. The molecule has 0 aromatic carbocycles. The van der Waals surface area contributed by atoms with Gasteiger partial charge < -0.3 is 9.47 Å². The number of ether oxygens (including phenoxy) is 2. The van der Waals surface area contributed by atoms with E-state index in [1.54, 1.807) is 14.0 Å². The van der Waals surface area contributed by atoms with Gasteiger partial charge in [-0.25, -0.2) is 9.48 Å². The average Bonchev–Trinajstić information content (AvgIpc) is 2.79. The Bertz CT molecular complexity index is 390. The molecule has 1 aromatic rings. The van der Waals surface area contributed by atoms with Crippen LogP contribution in [0.25, 0.3) is 0 Å². The highest BCUT2D eigenvalue weighted by Gasteiger charge is 2.19. The van der Waals surface area contributed by atoms with Crippen LogP contribution in [0.4, 0.5) is 0 Å². The molecule has 0 aliphatic heterocycles. The maximum atomic E-state index is 11.8. The minimum Gasteiger partial charge on any atom is -0.461 e. The second kappa shape index (κ2) is 8.63. The first-order valence-electron chi connectivity index (χ1n) is 6.83. The number of hydrogen-bond acceptors (Lipinski definition) is 5. The number of rotatable bonds is 9. The SMILES string of the molecule is CCCc1c(C(=O)OCC)nnn1CCCCOC. The number of aryl methyl sites for hydroxylation is 1. The van der Waals surface area contributed by atoms with E-state index in [9.17, 15) is 4.79 Å². The van der Waals surface area contributed by atoms with Gasteiger partial charge in [0, 0.05) is 20.3 Å². The molecule has 19 heavy (non-hydrogen) atoms. The van der Waals surface area contributed by atoms with Gasteiger partial charge in [0.25, 0.3) is 0 Å². The lowest BCUT2D eigenvalue weighted by atomic mass is 10.2. The van der Waals surface area contributed by atoms with Crippen LogP contribution in [-0.4, -0.2) is 41.3 Å². The van der Waals surface area contributed by atoms with E-state index in [0.717, 1.165) is 44.5 Å². The molecule has 0 atom stereocenters. The van der Waals surface area contributed by atoms with Crippen molar-refractivity contribution in [2.24, 2.45) is 0 Å². The van der Waals surface area contributed by atoms with Crippen molar-refractivity contribution in [1.82, 2.24) is 15.0 Å². The lowest BCUT2D eigenvalue weighted by Gasteiger charge is -2.06. The van der Waals surface area contributed by atoms with Crippen LogP contribution in [0.5, 0.6) is 0 Å². The molecule has 1 rings (SSSR count). The summed E-state index contributed by atoms with van der Waals surface area (Å²) in [6, 6.07) is 0. The second-order valence-corrected chi connectivity index (χ2v) is 4.28. The van der Waals surface area contributed by atoms with Crippen molar-refractivity contribution in [2.45, 2.75) is 46.1 Å². The predicted octanol–water partition coefficient (Wildman–Crippen LogP) is 1.83. The maximum absolute atomic E-state index is 11.8. The molecule has 6 nitrogen and oxygen atoms in total. The summed E-state index contributed by atoms with van der Waals surface area (Å²) in [5, 5.41) is 8.02. The van der Waals surface area contributed by atoms with Gasteiger partial charge in [0.2, 0.25) is 0 Å². The molecule has 6 heteroatoms. The van der Waals surface area contributed by atoms with Crippen molar-refractivity contribution >= 4 is 5.97 Å². The van der Waals surface area contributed by atoms with Gasteiger partial charge in [-0.3, -0.25) is 0 Å². The highest BCUT2D eigenvalue weighted by Crippen LogP contribution is 2.11. The zero-order valence-electron chi connectivity index (χ0n) is 12.0. The summed E-state index contributed by atoms with van der Waals surface area (Å²) in [4.78, 5) is 11.8. The zero-order valence-corrected chi connectivity index (χ0v) is 12.0. The van der Waals surface area contributed by atoms with Crippen LogP contribution in [-0.2, 0) is 22.4 Å². The summed E-state index contributed by atoms with van der Waals surface area (Å²) in [5.74, 6) is -0.380. The molecule has 108 valence electrons. The van der Waals surface area contributed by atoms with Gasteiger partial charge in [-0.05, 0) is 26.2 Å². The quantitative estimate of drug-likeness (QED) is 0.505. The molecule has 0 aliphatic rings. The lowest BCUT2D eigenvalue weighted by molar-refractivity contribution is 0.0518. The second-order valence-electron chi connectivity index (χ2n) is 4.28. The van der Waals surface area contributed by atoms with Crippen molar-refractivity contribution in [3.05, 3.63) is 11.4 Å². The Kier molecular flexibility index (Phi) is 7.10. The molecule has 0 amide bonds. The maximum Gasteiger partial charge on any atom is 0.360 e. The molecular formula is C13H23N3O3. The summed E-state index contributed by atoms with van der Waals surface area (Å²) in [7, 11) is 1.69. The van der Waals surface area contributed by atoms with Crippen LogP contribution in [0.1, 0.15) is 49.3 Å². The third kappa shape index (κ3) is 4.63. The topological polar surface area (TPSA) is 66.2 Å². The zero-order chi connectivity index (χ0) is 14.1.